The number of hydrogen-bond acceptors (Lipinski definition) is 2. The van der Waals surface area contributed by atoms with Crippen molar-refractivity contribution in [2.24, 2.45) is 5.92 Å². The molecule has 2 nitrogen and oxygen atoms in total. The van der Waals surface area contributed by atoms with Gasteiger partial charge in [0.15, 0.2) is 0 Å². The smallest absolute Gasteiger partial charge is 0.123 e. The molecule has 1 N–H and O–H groups in total. The van der Waals surface area contributed by atoms with Crippen molar-refractivity contribution in [2.45, 2.75) is 32.7 Å². The number of hydrogen-bond donors (Lipinski definition) is 1. The zero-order chi connectivity index (χ0) is 11.5. The first-order chi connectivity index (χ1) is 7.74. The number of nitrogens with one attached hydrogen (secondary N) is 1. The number of aryl methyl sites for hydroxylation is 1. The van der Waals surface area contributed by atoms with E-state index in [0.29, 0.717) is 6.04 Å². The number of rotatable bonds is 3. The highest BCUT2D eigenvalue weighted by Crippen LogP contribution is 2.33. The van der Waals surface area contributed by atoms with Crippen LogP contribution in [0.5, 0.6) is 5.75 Å². The fourth-order valence-electron chi connectivity index (χ4n) is 2.41. The standard InChI is InChI=1S/C14H21NO/c1-4-11-5-6-12(14(8-11)16-3)13-7-10(2)9-15-13/h5-6,8,10,13,15H,4,7,9H2,1-3H3. The van der Waals surface area contributed by atoms with Crippen LogP contribution in [-0.2, 0) is 6.42 Å². The van der Waals surface area contributed by atoms with Crippen molar-refractivity contribution in [3.63, 3.8) is 0 Å². The van der Waals surface area contributed by atoms with Gasteiger partial charge in [-0.05, 0) is 36.9 Å². The zero-order valence-corrected chi connectivity index (χ0v) is 10.4. The summed E-state index contributed by atoms with van der Waals surface area (Å²) in [6.07, 6.45) is 2.27. The van der Waals surface area contributed by atoms with Gasteiger partial charge in [-0.1, -0.05) is 26.0 Å². The first-order valence-electron chi connectivity index (χ1n) is 6.14. The maximum Gasteiger partial charge on any atom is 0.123 e. The summed E-state index contributed by atoms with van der Waals surface area (Å²) in [7, 11) is 1.76. The van der Waals surface area contributed by atoms with E-state index in [2.05, 4.69) is 37.4 Å². The molecule has 0 aromatic heterocycles. The minimum absolute atomic E-state index is 0.468. The van der Waals surface area contributed by atoms with Crippen molar-refractivity contribution in [3.8, 4) is 5.75 Å². The average molecular weight is 219 g/mol. The number of methoxy groups -OCH3 is 1. The Morgan fingerprint density at radius 3 is 2.81 bits per heavy atom. The van der Waals surface area contributed by atoms with Crippen LogP contribution in [0, 0.1) is 5.92 Å². The topological polar surface area (TPSA) is 21.3 Å². The van der Waals surface area contributed by atoms with Gasteiger partial charge in [0, 0.05) is 11.6 Å². The lowest BCUT2D eigenvalue weighted by atomic mass is 9.98. The monoisotopic (exact) mass is 219 g/mol. The Balaban J connectivity index is 2.26. The molecule has 88 valence electrons. The Morgan fingerprint density at radius 1 is 1.44 bits per heavy atom. The molecule has 0 saturated carbocycles. The molecule has 1 fully saturated rings. The lowest BCUT2D eigenvalue weighted by Gasteiger charge is -2.16. The first-order valence-corrected chi connectivity index (χ1v) is 6.14. The van der Waals surface area contributed by atoms with Crippen LogP contribution in [0.2, 0.25) is 0 Å². The highest BCUT2D eigenvalue weighted by Gasteiger charge is 2.24. The maximum atomic E-state index is 5.50. The van der Waals surface area contributed by atoms with E-state index in [1.807, 2.05) is 0 Å². The van der Waals surface area contributed by atoms with Gasteiger partial charge in [0.05, 0.1) is 7.11 Å². The predicted molar refractivity (Wildman–Crippen MR) is 66.9 cm³/mol. The molecule has 0 aliphatic carbocycles. The largest absolute Gasteiger partial charge is 0.496 e. The van der Waals surface area contributed by atoms with E-state index < -0.39 is 0 Å². The lowest BCUT2D eigenvalue weighted by molar-refractivity contribution is 0.402. The molecule has 1 aliphatic heterocycles. The van der Waals surface area contributed by atoms with E-state index in [0.717, 1.165) is 24.6 Å². The molecular formula is C14H21NO. The molecule has 16 heavy (non-hydrogen) atoms. The Bertz CT molecular complexity index is 362. The van der Waals surface area contributed by atoms with Gasteiger partial charge in [0.25, 0.3) is 0 Å². The van der Waals surface area contributed by atoms with Crippen LogP contribution in [-0.4, -0.2) is 13.7 Å². The lowest BCUT2D eigenvalue weighted by Crippen LogP contribution is -2.14. The summed E-state index contributed by atoms with van der Waals surface area (Å²) in [5, 5.41) is 3.55. The summed E-state index contributed by atoms with van der Waals surface area (Å²) in [4.78, 5) is 0. The van der Waals surface area contributed by atoms with Crippen molar-refractivity contribution in [1.82, 2.24) is 5.32 Å². The summed E-state index contributed by atoms with van der Waals surface area (Å²) < 4.78 is 5.50. The van der Waals surface area contributed by atoms with E-state index in [-0.39, 0.29) is 0 Å². The third kappa shape index (κ3) is 2.22. The van der Waals surface area contributed by atoms with Crippen molar-refractivity contribution >= 4 is 0 Å². The predicted octanol–water partition coefficient (Wildman–Crippen LogP) is 2.93. The van der Waals surface area contributed by atoms with Gasteiger partial charge in [0.1, 0.15) is 5.75 Å². The van der Waals surface area contributed by atoms with Crippen molar-refractivity contribution in [3.05, 3.63) is 29.3 Å². The van der Waals surface area contributed by atoms with Crippen molar-refractivity contribution < 1.29 is 4.74 Å². The second kappa shape index (κ2) is 4.88. The van der Waals surface area contributed by atoms with E-state index in [1.165, 1.54) is 17.5 Å². The molecule has 1 aromatic carbocycles. The molecule has 2 rings (SSSR count). The van der Waals surface area contributed by atoms with Gasteiger partial charge in [-0.25, -0.2) is 0 Å². The highest BCUT2D eigenvalue weighted by molar-refractivity contribution is 5.40. The molecule has 1 aliphatic rings. The summed E-state index contributed by atoms with van der Waals surface area (Å²) in [5.41, 5.74) is 2.65. The fraction of sp³-hybridized carbons (Fsp3) is 0.571. The van der Waals surface area contributed by atoms with Gasteiger partial charge >= 0.3 is 0 Å². The molecule has 0 amide bonds. The van der Waals surface area contributed by atoms with E-state index in [4.69, 9.17) is 4.74 Å². The summed E-state index contributed by atoms with van der Waals surface area (Å²) in [6, 6.07) is 7.06. The Morgan fingerprint density at radius 2 is 2.25 bits per heavy atom. The quantitative estimate of drug-likeness (QED) is 0.844. The molecule has 1 heterocycles. The molecule has 0 radical (unpaired) electrons. The van der Waals surface area contributed by atoms with Gasteiger partial charge in [-0.15, -0.1) is 0 Å². The third-order valence-electron chi connectivity index (χ3n) is 3.43. The Kier molecular flexibility index (Phi) is 3.49. The number of ether oxygens (including phenoxy) is 1. The van der Waals surface area contributed by atoms with Crippen LogP contribution < -0.4 is 10.1 Å². The van der Waals surface area contributed by atoms with Crippen LogP contribution in [0.15, 0.2) is 18.2 Å². The van der Waals surface area contributed by atoms with E-state index in [9.17, 15) is 0 Å². The number of benzene rings is 1. The minimum atomic E-state index is 0.468. The van der Waals surface area contributed by atoms with Crippen molar-refractivity contribution in [2.75, 3.05) is 13.7 Å². The minimum Gasteiger partial charge on any atom is -0.496 e. The molecule has 1 saturated heterocycles. The summed E-state index contributed by atoms with van der Waals surface area (Å²) in [5.74, 6) is 1.80. The Hall–Kier alpha value is -1.02. The van der Waals surface area contributed by atoms with E-state index in [1.54, 1.807) is 7.11 Å². The van der Waals surface area contributed by atoms with E-state index >= 15 is 0 Å². The van der Waals surface area contributed by atoms with Gasteiger partial charge in [-0.2, -0.15) is 0 Å². The summed E-state index contributed by atoms with van der Waals surface area (Å²) >= 11 is 0. The fourth-order valence-corrected chi connectivity index (χ4v) is 2.41. The molecule has 2 atom stereocenters. The third-order valence-corrected chi connectivity index (χ3v) is 3.43. The molecule has 1 aromatic rings. The maximum absolute atomic E-state index is 5.50. The first kappa shape index (κ1) is 11.5. The summed E-state index contributed by atoms with van der Waals surface area (Å²) in [6.45, 7) is 5.58. The molecular weight excluding hydrogens is 198 g/mol. The Labute approximate surface area is 98.0 Å². The van der Waals surface area contributed by atoms with Gasteiger partial charge in [-0.3, -0.25) is 0 Å². The molecule has 2 unspecified atom stereocenters. The van der Waals surface area contributed by atoms with Crippen LogP contribution in [0.1, 0.15) is 37.4 Å². The molecule has 2 heteroatoms. The van der Waals surface area contributed by atoms with Crippen LogP contribution in [0.25, 0.3) is 0 Å². The SMILES string of the molecule is CCc1ccc(C2CC(C)CN2)c(OC)c1. The second-order valence-corrected chi connectivity index (χ2v) is 4.73. The highest BCUT2D eigenvalue weighted by atomic mass is 16.5. The molecule has 0 bridgehead atoms. The normalized spacial score (nSPS) is 24.7. The molecule has 0 spiro atoms. The van der Waals surface area contributed by atoms with Crippen LogP contribution in [0.3, 0.4) is 0 Å². The van der Waals surface area contributed by atoms with Crippen LogP contribution >= 0.6 is 0 Å². The van der Waals surface area contributed by atoms with Crippen LogP contribution in [0.4, 0.5) is 0 Å². The second-order valence-electron chi connectivity index (χ2n) is 4.73. The average Bonchev–Trinajstić information content (AvgIpc) is 2.74. The van der Waals surface area contributed by atoms with Gasteiger partial charge in [0.2, 0.25) is 0 Å². The zero-order valence-electron chi connectivity index (χ0n) is 10.4. The van der Waals surface area contributed by atoms with Crippen molar-refractivity contribution in [1.29, 1.82) is 0 Å². The van der Waals surface area contributed by atoms with Gasteiger partial charge < -0.3 is 10.1 Å².